The van der Waals surface area contributed by atoms with Gasteiger partial charge in [0.05, 0.1) is 36.8 Å². The molecule has 1 aliphatic heterocycles. The molecule has 3 aromatic rings. The molecule has 1 aliphatic carbocycles. The van der Waals surface area contributed by atoms with Crippen molar-refractivity contribution in [3.63, 3.8) is 0 Å². The molecule has 6 nitrogen and oxygen atoms in total. The zero-order valence-corrected chi connectivity index (χ0v) is 17.3. The van der Waals surface area contributed by atoms with Gasteiger partial charge in [-0.15, -0.1) is 11.3 Å². The summed E-state index contributed by atoms with van der Waals surface area (Å²) in [4.78, 5) is 14.0. The summed E-state index contributed by atoms with van der Waals surface area (Å²) in [5, 5.41) is 9.90. The lowest BCUT2D eigenvalue weighted by Gasteiger charge is -2.25. The number of ether oxygens (including phenoxy) is 2. The average Bonchev–Trinajstić information content (AvgIpc) is 3.14. The molecule has 0 saturated carbocycles. The fraction of sp³-hybridized carbons (Fsp3) is 0.409. The van der Waals surface area contributed by atoms with Crippen LogP contribution in [0.4, 0.5) is 4.39 Å². The van der Waals surface area contributed by atoms with Gasteiger partial charge in [-0.3, -0.25) is 4.90 Å². The van der Waals surface area contributed by atoms with E-state index in [1.165, 1.54) is 29.0 Å². The minimum absolute atomic E-state index is 0.0714. The van der Waals surface area contributed by atoms with Crippen LogP contribution in [0.25, 0.3) is 10.2 Å². The van der Waals surface area contributed by atoms with Gasteiger partial charge < -0.3 is 9.47 Å². The van der Waals surface area contributed by atoms with Gasteiger partial charge in [-0.25, -0.2) is 9.37 Å². The zero-order valence-electron chi connectivity index (χ0n) is 16.5. The largest absolute Gasteiger partial charge is 0.435 e. The van der Waals surface area contributed by atoms with Crippen molar-refractivity contribution in [1.29, 1.82) is 5.26 Å². The molecule has 2 aliphatic rings. The zero-order chi connectivity index (χ0) is 20.5. The third-order valence-corrected chi connectivity index (χ3v) is 6.75. The second-order valence-electron chi connectivity index (χ2n) is 7.58. The Kier molecular flexibility index (Phi) is 5.34. The minimum Gasteiger partial charge on any atom is -0.435 e. The average molecular weight is 425 g/mol. The Balaban J connectivity index is 1.56. The quantitative estimate of drug-likeness (QED) is 0.625. The van der Waals surface area contributed by atoms with Crippen LogP contribution >= 0.6 is 11.3 Å². The lowest BCUT2D eigenvalue weighted by molar-refractivity contribution is 0.0330. The first-order valence-electron chi connectivity index (χ1n) is 10.2. The molecule has 30 heavy (non-hydrogen) atoms. The van der Waals surface area contributed by atoms with Crippen molar-refractivity contribution >= 4 is 21.6 Å². The highest BCUT2D eigenvalue weighted by Gasteiger charge is 2.24. The molecule has 8 heteroatoms. The molecule has 0 unspecified atom stereocenters. The maximum absolute atomic E-state index is 14.5. The van der Waals surface area contributed by atoms with Gasteiger partial charge in [0.1, 0.15) is 10.7 Å². The molecular formula is C22H21FN4O2S. The predicted molar refractivity (Wildman–Crippen MR) is 111 cm³/mol. The molecule has 0 amide bonds. The highest BCUT2D eigenvalue weighted by Crippen LogP contribution is 2.41. The second kappa shape index (κ2) is 8.26. The van der Waals surface area contributed by atoms with Crippen molar-refractivity contribution < 1.29 is 13.9 Å². The van der Waals surface area contributed by atoms with E-state index in [1.807, 2.05) is 6.07 Å². The van der Waals surface area contributed by atoms with E-state index in [0.29, 0.717) is 31.5 Å². The van der Waals surface area contributed by atoms with E-state index in [0.717, 1.165) is 42.6 Å². The van der Waals surface area contributed by atoms with Gasteiger partial charge in [-0.1, -0.05) is 0 Å². The number of benzene rings is 1. The van der Waals surface area contributed by atoms with Crippen molar-refractivity contribution in [2.24, 2.45) is 0 Å². The number of thiophene rings is 1. The molecule has 0 N–H and O–H groups in total. The lowest BCUT2D eigenvalue weighted by atomic mass is 9.97. The second-order valence-corrected chi connectivity index (χ2v) is 8.67. The normalized spacial score (nSPS) is 16.9. The number of rotatable bonds is 4. The molecule has 0 radical (unpaired) electrons. The Labute approximate surface area is 177 Å². The van der Waals surface area contributed by atoms with E-state index in [4.69, 9.17) is 24.7 Å². The van der Waals surface area contributed by atoms with E-state index in [9.17, 15) is 4.39 Å². The number of aryl methyl sites for hydroxylation is 2. The van der Waals surface area contributed by atoms with Gasteiger partial charge in [0.15, 0.2) is 11.6 Å². The first kappa shape index (κ1) is 19.4. The van der Waals surface area contributed by atoms with Gasteiger partial charge in [-0.2, -0.15) is 10.2 Å². The van der Waals surface area contributed by atoms with Crippen LogP contribution in [0.1, 0.15) is 34.7 Å². The van der Waals surface area contributed by atoms with E-state index in [2.05, 4.69) is 4.90 Å². The third kappa shape index (κ3) is 3.76. The maximum Gasteiger partial charge on any atom is 0.231 e. The van der Waals surface area contributed by atoms with Crippen molar-refractivity contribution in [2.45, 2.75) is 32.2 Å². The number of nitriles is 1. The van der Waals surface area contributed by atoms with Gasteiger partial charge in [0.25, 0.3) is 0 Å². The van der Waals surface area contributed by atoms with Crippen molar-refractivity contribution in [1.82, 2.24) is 14.9 Å². The van der Waals surface area contributed by atoms with Crippen LogP contribution < -0.4 is 4.74 Å². The number of halogens is 1. The monoisotopic (exact) mass is 424 g/mol. The fourth-order valence-corrected chi connectivity index (χ4v) is 5.30. The number of fused-ring (bicyclic) bond motifs is 3. The molecule has 1 aromatic carbocycles. The summed E-state index contributed by atoms with van der Waals surface area (Å²) >= 11 is 1.70. The van der Waals surface area contributed by atoms with Crippen LogP contribution in [0.2, 0.25) is 0 Å². The summed E-state index contributed by atoms with van der Waals surface area (Å²) in [5.74, 6) is 0.583. The first-order valence-corrected chi connectivity index (χ1v) is 11.0. The van der Waals surface area contributed by atoms with Gasteiger partial charge in [0, 0.05) is 18.0 Å². The Morgan fingerprint density at radius 1 is 1.20 bits per heavy atom. The summed E-state index contributed by atoms with van der Waals surface area (Å²) < 4.78 is 26.0. The minimum atomic E-state index is -0.570. The van der Waals surface area contributed by atoms with Crippen LogP contribution in [0, 0.1) is 17.1 Å². The molecule has 154 valence electrons. The highest BCUT2D eigenvalue weighted by atomic mass is 32.1. The van der Waals surface area contributed by atoms with Crippen LogP contribution in [-0.2, 0) is 24.1 Å². The SMILES string of the molecule is N#Cc1ccc(Oc2nc(CN3CCOCC3)nc3sc4c(c23)CCCC4)c(F)c1. The summed E-state index contributed by atoms with van der Waals surface area (Å²) in [6.07, 6.45) is 4.31. The standard InChI is InChI=1S/C22H21FN4O2S/c23-16-11-14(12-24)5-6-17(16)29-21-20-15-3-1-2-4-18(15)30-22(20)26-19(25-21)13-27-7-9-28-10-8-27/h5-6,11H,1-4,7-10,13H2. The first-order chi connectivity index (χ1) is 14.7. The fourth-order valence-electron chi connectivity index (χ4n) is 4.03. The molecular weight excluding hydrogens is 403 g/mol. The van der Waals surface area contributed by atoms with E-state index in [-0.39, 0.29) is 11.3 Å². The van der Waals surface area contributed by atoms with Crippen LogP contribution in [-0.4, -0.2) is 41.2 Å². The van der Waals surface area contributed by atoms with E-state index < -0.39 is 5.82 Å². The van der Waals surface area contributed by atoms with Crippen LogP contribution in [0.3, 0.4) is 0 Å². The third-order valence-electron chi connectivity index (χ3n) is 5.56. The molecule has 5 rings (SSSR count). The Hall–Kier alpha value is -2.60. The topological polar surface area (TPSA) is 71.3 Å². The van der Waals surface area contributed by atoms with Crippen LogP contribution in [0.15, 0.2) is 18.2 Å². The van der Waals surface area contributed by atoms with E-state index >= 15 is 0 Å². The predicted octanol–water partition coefficient (Wildman–Crippen LogP) is 4.21. The van der Waals surface area contributed by atoms with Gasteiger partial charge in [-0.05, 0) is 49.4 Å². The number of morpholine rings is 1. The number of aromatic nitrogens is 2. The molecule has 1 saturated heterocycles. The molecule has 1 fully saturated rings. The summed E-state index contributed by atoms with van der Waals surface area (Å²) in [7, 11) is 0. The van der Waals surface area contributed by atoms with Crippen molar-refractivity contribution in [3.8, 4) is 17.7 Å². The molecule has 2 aromatic heterocycles. The Morgan fingerprint density at radius 3 is 2.83 bits per heavy atom. The van der Waals surface area contributed by atoms with Gasteiger partial charge >= 0.3 is 0 Å². The number of hydrogen-bond donors (Lipinski definition) is 0. The van der Waals surface area contributed by atoms with E-state index in [1.54, 1.807) is 17.4 Å². The Bertz CT molecular complexity index is 1130. The molecule has 0 atom stereocenters. The van der Waals surface area contributed by atoms with Crippen molar-refractivity contribution in [2.75, 3.05) is 26.3 Å². The molecule has 3 heterocycles. The smallest absolute Gasteiger partial charge is 0.231 e. The van der Waals surface area contributed by atoms with Crippen LogP contribution in [0.5, 0.6) is 11.6 Å². The Morgan fingerprint density at radius 2 is 2.03 bits per heavy atom. The number of nitrogens with zero attached hydrogens (tertiary/aromatic N) is 4. The summed E-state index contributed by atoms with van der Waals surface area (Å²) in [6.45, 7) is 3.68. The van der Waals surface area contributed by atoms with Crippen molar-refractivity contribution in [3.05, 3.63) is 45.8 Å². The summed E-state index contributed by atoms with van der Waals surface area (Å²) in [5.41, 5.74) is 1.50. The maximum atomic E-state index is 14.5. The molecule has 0 bridgehead atoms. The van der Waals surface area contributed by atoms with Gasteiger partial charge in [0.2, 0.25) is 5.88 Å². The number of hydrogen-bond acceptors (Lipinski definition) is 7. The molecule has 0 spiro atoms. The highest BCUT2D eigenvalue weighted by molar-refractivity contribution is 7.18. The summed E-state index contributed by atoms with van der Waals surface area (Å²) in [6, 6.07) is 6.17. The lowest BCUT2D eigenvalue weighted by Crippen LogP contribution is -2.36.